The first-order valence-electron chi connectivity index (χ1n) is 7.55. The molecule has 1 amide bonds. The van der Waals surface area contributed by atoms with Crippen molar-refractivity contribution in [2.75, 3.05) is 7.11 Å². The summed E-state index contributed by atoms with van der Waals surface area (Å²) in [5, 5.41) is 2.30. The molecule has 1 atom stereocenters. The lowest BCUT2D eigenvalue weighted by Crippen LogP contribution is -2.44. The van der Waals surface area contributed by atoms with Crippen molar-refractivity contribution in [3.05, 3.63) is 35.4 Å². The molecule has 6 nitrogen and oxygen atoms in total. The quantitative estimate of drug-likeness (QED) is 0.787. The van der Waals surface area contributed by atoms with Crippen molar-refractivity contribution >= 4 is 17.8 Å². The maximum Gasteiger partial charge on any atom is 0.328 e. The highest BCUT2D eigenvalue weighted by Gasteiger charge is 2.27. The van der Waals surface area contributed by atoms with Crippen LogP contribution in [0.5, 0.6) is 0 Å². The smallest absolute Gasteiger partial charge is 0.328 e. The van der Waals surface area contributed by atoms with Gasteiger partial charge in [-0.2, -0.15) is 0 Å². The van der Waals surface area contributed by atoms with E-state index in [-0.39, 0.29) is 5.56 Å². The highest BCUT2D eigenvalue weighted by molar-refractivity contribution is 5.88. The van der Waals surface area contributed by atoms with Crippen molar-refractivity contribution in [3.8, 4) is 0 Å². The molecule has 0 saturated carbocycles. The number of methoxy groups -OCH3 is 1. The van der Waals surface area contributed by atoms with Crippen LogP contribution >= 0.6 is 0 Å². The largest absolute Gasteiger partial charge is 0.467 e. The number of esters is 2. The summed E-state index contributed by atoms with van der Waals surface area (Å²) in [7, 11) is 1.11. The molecule has 0 aliphatic heterocycles. The van der Waals surface area contributed by atoms with Gasteiger partial charge in [0.05, 0.1) is 20.0 Å². The first-order chi connectivity index (χ1) is 11.5. The van der Waals surface area contributed by atoms with Crippen molar-refractivity contribution in [2.45, 2.75) is 45.3 Å². The van der Waals surface area contributed by atoms with Gasteiger partial charge in [0.25, 0.3) is 0 Å². The fraction of sp³-hybridized carbons (Fsp3) is 0.471. The summed E-state index contributed by atoms with van der Waals surface area (Å²) in [5.41, 5.74) is -0.793. The van der Waals surface area contributed by atoms with E-state index in [1.54, 1.807) is 20.8 Å². The van der Waals surface area contributed by atoms with Crippen LogP contribution in [0.25, 0.3) is 0 Å². The Morgan fingerprint density at radius 3 is 2.36 bits per heavy atom. The number of amides is 1. The minimum Gasteiger partial charge on any atom is -0.467 e. The van der Waals surface area contributed by atoms with Crippen molar-refractivity contribution in [1.29, 1.82) is 0 Å². The molecule has 0 aromatic heterocycles. The van der Waals surface area contributed by atoms with Crippen LogP contribution in [0.1, 0.15) is 32.8 Å². The van der Waals surface area contributed by atoms with Crippen LogP contribution in [0.4, 0.5) is 8.78 Å². The van der Waals surface area contributed by atoms with E-state index >= 15 is 0 Å². The molecule has 0 bridgehead atoms. The first kappa shape index (κ1) is 20.5. The van der Waals surface area contributed by atoms with E-state index < -0.39 is 54.0 Å². The molecule has 25 heavy (non-hydrogen) atoms. The molecule has 0 aliphatic carbocycles. The van der Waals surface area contributed by atoms with Crippen LogP contribution in [0, 0.1) is 11.6 Å². The lowest BCUT2D eigenvalue weighted by atomic mass is 10.1. The normalized spacial score (nSPS) is 12.2. The van der Waals surface area contributed by atoms with Crippen molar-refractivity contribution in [3.63, 3.8) is 0 Å². The third-order valence-corrected chi connectivity index (χ3v) is 2.98. The van der Waals surface area contributed by atoms with Gasteiger partial charge in [-0.25, -0.2) is 13.6 Å². The fourth-order valence-corrected chi connectivity index (χ4v) is 1.97. The average Bonchev–Trinajstić information content (AvgIpc) is 2.46. The number of carbonyl (C=O) groups is 3. The van der Waals surface area contributed by atoms with Gasteiger partial charge in [0, 0.05) is 6.07 Å². The Kier molecular flexibility index (Phi) is 7.02. The highest BCUT2D eigenvalue weighted by atomic mass is 19.1. The van der Waals surface area contributed by atoms with E-state index in [9.17, 15) is 23.2 Å². The minimum absolute atomic E-state index is 0.0419. The third-order valence-electron chi connectivity index (χ3n) is 2.98. The summed E-state index contributed by atoms with van der Waals surface area (Å²) in [4.78, 5) is 35.6. The Balaban J connectivity index is 2.75. The highest BCUT2D eigenvalue weighted by Crippen LogP contribution is 2.12. The van der Waals surface area contributed by atoms with Crippen molar-refractivity contribution in [1.82, 2.24) is 5.32 Å². The molecule has 0 heterocycles. The maximum atomic E-state index is 13.6. The van der Waals surface area contributed by atoms with E-state index in [2.05, 4.69) is 10.1 Å². The number of ether oxygens (including phenoxy) is 2. The Morgan fingerprint density at radius 2 is 1.84 bits per heavy atom. The molecule has 0 aliphatic rings. The molecule has 138 valence electrons. The van der Waals surface area contributed by atoms with Gasteiger partial charge in [-0.1, -0.05) is 6.07 Å². The summed E-state index contributed by atoms with van der Waals surface area (Å²) in [6, 6.07) is 1.53. The van der Waals surface area contributed by atoms with Gasteiger partial charge in [-0.05, 0) is 32.4 Å². The van der Waals surface area contributed by atoms with Gasteiger partial charge in [0.2, 0.25) is 5.91 Å². The number of carbonyl (C=O) groups excluding carboxylic acids is 3. The molecule has 1 aromatic rings. The molecule has 0 radical (unpaired) electrons. The van der Waals surface area contributed by atoms with Gasteiger partial charge in [0.1, 0.15) is 23.3 Å². The standard InChI is InChI=1S/C17H21F2NO5/c1-17(2,3)25-15(22)9-13(16(23)24-4)20-14(21)7-10-5-6-11(18)8-12(10)19/h5-6,8,13H,7,9H2,1-4H3,(H,20,21)/t13-/m0/s1. The second-order valence-corrected chi connectivity index (χ2v) is 6.35. The van der Waals surface area contributed by atoms with E-state index in [4.69, 9.17) is 4.74 Å². The van der Waals surface area contributed by atoms with E-state index in [0.29, 0.717) is 6.07 Å². The van der Waals surface area contributed by atoms with Crippen LogP contribution in [0.3, 0.4) is 0 Å². The molecule has 0 fully saturated rings. The SMILES string of the molecule is COC(=O)[C@H](CC(=O)OC(C)(C)C)NC(=O)Cc1ccc(F)cc1F. The third kappa shape index (κ3) is 7.28. The molecule has 8 heteroatoms. The van der Waals surface area contributed by atoms with Gasteiger partial charge in [0.15, 0.2) is 0 Å². The van der Waals surface area contributed by atoms with Crippen LogP contribution in [-0.4, -0.2) is 36.6 Å². The number of rotatable bonds is 6. The summed E-state index contributed by atoms with van der Waals surface area (Å²) in [6.45, 7) is 4.98. The second-order valence-electron chi connectivity index (χ2n) is 6.35. The molecule has 0 saturated heterocycles. The number of benzene rings is 1. The number of hydrogen-bond acceptors (Lipinski definition) is 5. The molecular formula is C17H21F2NO5. The first-order valence-corrected chi connectivity index (χ1v) is 7.55. The molecule has 1 rings (SSSR count). The summed E-state index contributed by atoms with van der Waals surface area (Å²) >= 11 is 0. The topological polar surface area (TPSA) is 81.7 Å². The number of hydrogen-bond donors (Lipinski definition) is 1. The lowest BCUT2D eigenvalue weighted by Gasteiger charge is -2.22. The van der Waals surface area contributed by atoms with Crippen molar-refractivity contribution in [2.24, 2.45) is 0 Å². The minimum atomic E-state index is -1.27. The van der Waals surface area contributed by atoms with Crippen LogP contribution < -0.4 is 5.32 Å². The average molecular weight is 357 g/mol. The van der Waals surface area contributed by atoms with Gasteiger partial charge in [-0.15, -0.1) is 0 Å². The number of nitrogens with one attached hydrogen (secondary N) is 1. The summed E-state index contributed by atoms with van der Waals surface area (Å²) < 4.78 is 36.1. The Labute approximate surface area is 144 Å². The molecule has 0 unspecified atom stereocenters. The molecule has 1 N–H and O–H groups in total. The Morgan fingerprint density at radius 1 is 1.20 bits per heavy atom. The van der Waals surface area contributed by atoms with Crippen molar-refractivity contribution < 1.29 is 32.6 Å². The van der Waals surface area contributed by atoms with E-state index in [0.717, 1.165) is 19.2 Å². The molecule has 1 aromatic carbocycles. The zero-order valence-corrected chi connectivity index (χ0v) is 14.5. The zero-order chi connectivity index (χ0) is 19.2. The van der Waals surface area contributed by atoms with Crippen LogP contribution in [-0.2, 0) is 30.3 Å². The summed E-state index contributed by atoms with van der Waals surface area (Å²) in [6.07, 6.45) is -0.852. The van der Waals surface area contributed by atoms with Gasteiger partial charge in [-0.3, -0.25) is 9.59 Å². The van der Waals surface area contributed by atoms with E-state index in [1.807, 2.05) is 0 Å². The van der Waals surface area contributed by atoms with Crippen LogP contribution in [0.15, 0.2) is 18.2 Å². The molecular weight excluding hydrogens is 336 g/mol. The Hall–Kier alpha value is -2.51. The van der Waals surface area contributed by atoms with Gasteiger partial charge < -0.3 is 14.8 Å². The summed E-state index contributed by atoms with van der Waals surface area (Å²) in [5.74, 6) is -3.89. The zero-order valence-electron chi connectivity index (χ0n) is 14.5. The molecule has 0 spiro atoms. The second kappa shape index (κ2) is 8.55. The Bertz CT molecular complexity index is 655. The fourth-order valence-electron chi connectivity index (χ4n) is 1.97. The predicted octanol–water partition coefficient (Wildman–Crippen LogP) is 1.90. The predicted molar refractivity (Wildman–Crippen MR) is 84.5 cm³/mol. The maximum absolute atomic E-state index is 13.6. The van der Waals surface area contributed by atoms with Crippen LogP contribution in [0.2, 0.25) is 0 Å². The number of halogens is 2. The van der Waals surface area contributed by atoms with E-state index in [1.165, 1.54) is 0 Å². The lowest BCUT2D eigenvalue weighted by molar-refractivity contribution is -0.159. The monoisotopic (exact) mass is 357 g/mol. The van der Waals surface area contributed by atoms with Gasteiger partial charge >= 0.3 is 11.9 Å².